The van der Waals surface area contributed by atoms with Crippen molar-refractivity contribution < 1.29 is 14.6 Å². The summed E-state index contributed by atoms with van der Waals surface area (Å²) in [5.41, 5.74) is 3.98. The number of anilines is 1. The molecule has 0 spiro atoms. The van der Waals surface area contributed by atoms with Gasteiger partial charge in [-0.05, 0) is 48.0 Å². The van der Waals surface area contributed by atoms with Crippen LogP contribution < -0.4 is 14.4 Å². The molecular weight excluding hydrogens is 462 g/mol. The second-order valence-electron chi connectivity index (χ2n) is 8.59. The largest absolute Gasteiger partial charge is 0.504 e. The average molecular weight is 490 g/mol. The van der Waals surface area contributed by atoms with Crippen molar-refractivity contribution in [1.29, 1.82) is 0 Å². The van der Waals surface area contributed by atoms with Crippen molar-refractivity contribution in [3.05, 3.63) is 89.1 Å². The van der Waals surface area contributed by atoms with E-state index in [0.29, 0.717) is 10.8 Å². The van der Waals surface area contributed by atoms with Crippen molar-refractivity contribution in [1.82, 2.24) is 9.88 Å². The average Bonchev–Trinajstić information content (AvgIpc) is 2.90. The first-order chi connectivity index (χ1) is 17.1. The van der Waals surface area contributed by atoms with E-state index < -0.39 is 0 Å². The zero-order valence-electron chi connectivity index (χ0n) is 19.8. The number of aromatic nitrogens is 1. The lowest BCUT2D eigenvalue weighted by Crippen LogP contribution is -2.48. The van der Waals surface area contributed by atoms with Crippen molar-refractivity contribution in [3.63, 3.8) is 0 Å². The van der Waals surface area contributed by atoms with E-state index in [-0.39, 0.29) is 11.8 Å². The lowest BCUT2D eigenvalue weighted by atomic mass is 9.95. The van der Waals surface area contributed by atoms with Crippen LogP contribution in [0.4, 0.5) is 5.69 Å². The molecular formula is C28H28ClN3O3. The first-order valence-corrected chi connectivity index (χ1v) is 12.0. The predicted molar refractivity (Wildman–Crippen MR) is 140 cm³/mol. The summed E-state index contributed by atoms with van der Waals surface area (Å²) in [5, 5.41) is 12.8. The van der Waals surface area contributed by atoms with E-state index in [0.717, 1.165) is 59.6 Å². The van der Waals surface area contributed by atoms with Crippen LogP contribution in [0.15, 0.2) is 72.9 Å². The van der Waals surface area contributed by atoms with E-state index in [1.165, 1.54) is 0 Å². The van der Waals surface area contributed by atoms with E-state index >= 15 is 0 Å². The molecule has 1 unspecified atom stereocenters. The van der Waals surface area contributed by atoms with Crippen molar-refractivity contribution in [2.75, 3.05) is 45.3 Å². The molecule has 0 amide bonds. The standard InChI is InChI=1S/C28H28ClN3O3/c1-34-21-9-6-19(7-10-21)27(23-4-3-5-26(35-2)28(23)33)32-16-14-31(15-17-32)25-12-13-30-24-18-20(29)8-11-22(24)25/h3-13,18,27,33H,14-17H2,1-2H3. The third-order valence-corrected chi connectivity index (χ3v) is 6.91. The summed E-state index contributed by atoms with van der Waals surface area (Å²) in [5.74, 6) is 1.45. The Kier molecular flexibility index (Phi) is 6.66. The molecule has 0 aliphatic carbocycles. The molecule has 1 N–H and O–H groups in total. The number of benzene rings is 3. The highest BCUT2D eigenvalue weighted by Crippen LogP contribution is 2.40. The number of piperazine rings is 1. The van der Waals surface area contributed by atoms with E-state index in [1.807, 2.05) is 48.7 Å². The zero-order chi connectivity index (χ0) is 24.4. The monoisotopic (exact) mass is 489 g/mol. The molecule has 1 aromatic heterocycles. The molecule has 5 rings (SSSR count). The minimum atomic E-state index is -0.119. The van der Waals surface area contributed by atoms with Crippen LogP contribution >= 0.6 is 11.6 Å². The molecule has 1 atom stereocenters. The molecule has 2 heterocycles. The number of nitrogens with zero attached hydrogens (tertiary/aromatic N) is 3. The number of ether oxygens (including phenoxy) is 2. The van der Waals surface area contributed by atoms with Crippen LogP contribution in [0, 0.1) is 0 Å². The summed E-state index contributed by atoms with van der Waals surface area (Å²) in [6.45, 7) is 3.34. The molecule has 35 heavy (non-hydrogen) atoms. The molecule has 1 saturated heterocycles. The maximum absolute atomic E-state index is 11.0. The summed E-state index contributed by atoms with van der Waals surface area (Å²) in [7, 11) is 3.24. The van der Waals surface area contributed by atoms with Crippen molar-refractivity contribution >= 4 is 28.2 Å². The van der Waals surface area contributed by atoms with Crippen LogP contribution in [0.3, 0.4) is 0 Å². The number of phenolic OH excluding ortho intramolecular Hbond substituents is 1. The van der Waals surface area contributed by atoms with Crippen molar-refractivity contribution in [3.8, 4) is 17.2 Å². The summed E-state index contributed by atoms with van der Waals surface area (Å²) in [6.07, 6.45) is 1.84. The van der Waals surface area contributed by atoms with Crippen LogP contribution in [0.25, 0.3) is 10.9 Å². The number of aromatic hydroxyl groups is 1. The van der Waals surface area contributed by atoms with Crippen LogP contribution in [-0.4, -0.2) is 55.4 Å². The van der Waals surface area contributed by atoms with Gasteiger partial charge < -0.3 is 19.5 Å². The number of hydrogen-bond acceptors (Lipinski definition) is 6. The number of methoxy groups -OCH3 is 2. The van der Waals surface area contributed by atoms with Gasteiger partial charge in [0, 0.05) is 54.0 Å². The van der Waals surface area contributed by atoms with Crippen LogP contribution in [-0.2, 0) is 0 Å². The summed E-state index contributed by atoms with van der Waals surface area (Å²) in [6, 6.07) is 21.5. The quantitative estimate of drug-likeness (QED) is 0.384. The van der Waals surface area contributed by atoms with Gasteiger partial charge in [0.15, 0.2) is 11.5 Å². The first kappa shape index (κ1) is 23.3. The number of pyridine rings is 1. The Balaban J connectivity index is 1.45. The topological polar surface area (TPSA) is 58.1 Å². The summed E-state index contributed by atoms with van der Waals surface area (Å²) < 4.78 is 10.8. The predicted octanol–water partition coefficient (Wildman–Crippen LogP) is 5.52. The number of halogens is 1. The molecule has 0 radical (unpaired) electrons. The van der Waals surface area contributed by atoms with E-state index in [2.05, 4.69) is 33.0 Å². The zero-order valence-corrected chi connectivity index (χ0v) is 20.6. The lowest BCUT2D eigenvalue weighted by molar-refractivity contribution is 0.208. The van der Waals surface area contributed by atoms with Gasteiger partial charge in [-0.25, -0.2) is 0 Å². The van der Waals surface area contributed by atoms with Crippen LogP contribution in [0.1, 0.15) is 17.2 Å². The van der Waals surface area contributed by atoms with Crippen LogP contribution in [0.2, 0.25) is 5.02 Å². The van der Waals surface area contributed by atoms with Gasteiger partial charge in [-0.2, -0.15) is 0 Å². The highest BCUT2D eigenvalue weighted by Gasteiger charge is 2.29. The minimum Gasteiger partial charge on any atom is -0.504 e. The first-order valence-electron chi connectivity index (χ1n) is 11.6. The van der Waals surface area contributed by atoms with Gasteiger partial charge in [0.2, 0.25) is 0 Å². The summed E-state index contributed by atoms with van der Waals surface area (Å²) >= 11 is 6.18. The number of hydrogen-bond donors (Lipinski definition) is 1. The molecule has 1 fully saturated rings. The van der Waals surface area contributed by atoms with Gasteiger partial charge in [0.1, 0.15) is 5.75 Å². The maximum Gasteiger partial charge on any atom is 0.162 e. The van der Waals surface area contributed by atoms with Crippen molar-refractivity contribution in [2.24, 2.45) is 0 Å². The molecule has 7 heteroatoms. The van der Waals surface area contributed by atoms with Gasteiger partial charge in [-0.1, -0.05) is 35.9 Å². The van der Waals surface area contributed by atoms with Gasteiger partial charge in [0.25, 0.3) is 0 Å². The Morgan fingerprint density at radius 1 is 0.914 bits per heavy atom. The highest BCUT2D eigenvalue weighted by molar-refractivity contribution is 6.31. The number of phenols is 1. The number of rotatable bonds is 6. The minimum absolute atomic E-state index is 0.119. The highest BCUT2D eigenvalue weighted by atomic mass is 35.5. The van der Waals surface area contributed by atoms with Crippen LogP contribution in [0.5, 0.6) is 17.2 Å². The molecule has 0 saturated carbocycles. The molecule has 3 aromatic carbocycles. The third-order valence-electron chi connectivity index (χ3n) is 6.68. The van der Waals surface area contributed by atoms with Gasteiger partial charge in [-0.3, -0.25) is 9.88 Å². The molecule has 1 aliphatic rings. The second-order valence-corrected chi connectivity index (χ2v) is 9.02. The molecule has 0 bridgehead atoms. The Bertz CT molecular complexity index is 1320. The Labute approximate surface area is 210 Å². The normalized spacial score (nSPS) is 15.2. The molecule has 1 aliphatic heterocycles. The fourth-order valence-electron chi connectivity index (χ4n) is 4.90. The fraction of sp³-hybridized carbons (Fsp3) is 0.250. The van der Waals surface area contributed by atoms with E-state index in [4.69, 9.17) is 21.1 Å². The second kappa shape index (κ2) is 10.0. The Hall–Kier alpha value is -3.48. The Morgan fingerprint density at radius 2 is 1.69 bits per heavy atom. The van der Waals surface area contributed by atoms with Gasteiger partial charge in [0.05, 0.1) is 25.8 Å². The number of fused-ring (bicyclic) bond motifs is 1. The Morgan fingerprint density at radius 3 is 2.40 bits per heavy atom. The number of para-hydroxylation sites is 1. The molecule has 4 aromatic rings. The maximum atomic E-state index is 11.0. The lowest BCUT2D eigenvalue weighted by Gasteiger charge is -2.41. The van der Waals surface area contributed by atoms with Crippen molar-refractivity contribution in [2.45, 2.75) is 6.04 Å². The summed E-state index contributed by atoms with van der Waals surface area (Å²) in [4.78, 5) is 9.29. The van der Waals surface area contributed by atoms with Gasteiger partial charge in [-0.15, -0.1) is 0 Å². The van der Waals surface area contributed by atoms with E-state index in [9.17, 15) is 5.11 Å². The third kappa shape index (κ3) is 4.59. The van der Waals surface area contributed by atoms with Gasteiger partial charge >= 0.3 is 0 Å². The van der Waals surface area contributed by atoms with E-state index in [1.54, 1.807) is 20.3 Å². The molecule has 180 valence electrons. The SMILES string of the molecule is COc1ccc(C(c2cccc(OC)c2O)N2CCN(c3ccnc4cc(Cl)ccc34)CC2)cc1. The fourth-order valence-corrected chi connectivity index (χ4v) is 5.07. The molecule has 6 nitrogen and oxygen atoms in total. The smallest absolute Gasteiger partial charge is 0.162 e.